The summed E-state index contributed by atoms with van der Waals surface area (Å²) in [6.45, 7) is 3.79. The highest BCUT2D eigenvalue weighted by Crippen LogP contribution is 2.49. The molecule has 2 atom stereocenters. The van der Waals surface area contributed by atoms with Crippen LogP contribution >= 0.6 is 11.3 Å². The number of aromatic hydroxyl groups is 1. The third-order valence-corrected chi connectivity index (χ3v) is 7.29. The van der Waals surface area contributed by atoms with Crippen molar-refractivity contribution in [3.05, 3.63) is 72.7 Å². The van der Waals surface area contributed by atoms with Crippen molar-refractivity contribution in [1.29, 1.82) is 0 Å². The van der Waals surface area contributed by atoms with Gasteiger partial charge in [-0.3, -0.25) is 14.9 Å². The lowest BCUT2D eigenvalue weighted by molar-refractivity contribution is -0.386. The lowest BCUT2D eigenvalue weighted by Gasteiger charge is -2.36. The van der Waals surface area contributed by atoms with Crippen LogP contribution in [-0.2, 0) is 14.3 Å². The molecule has 0 amide bonds. The molecule has 184 valence electrons. The van der Waals surface area contributed by atoms with Gasteiger partial charge in [-0.2, -0.15) is 0 Å². The normalized spacial score (nSPS) is 19.8. The molecule has 0 bridgehead atoms. The van der Waals surface area contributed by atoms with Crippen LogP contribution in [0.5, 0.6) is 11.5 Å². The Kier molecular flexibility index (Phi) is 6.93. The topological polar surface area (TPSA) is 128 Å². The number of methoxy groups -OCH3 is 1. The molecule has 1 aliphatic heterocycles. The summed E-state index contributed by atoms with van der Waals surface area (Å²) in [6, 6.07) is 6.57. The minimum Gasteiger partial charge on any atom is -0.500 e. The van der Waals surface area contributed by atoms with Crippen LogP contribution in [-0.4, -0.2) is 35.5 Å². The number of nitro groups is 1. The van der Waals surface area contributed by atoms with E-state index < -0.39 is 28.2 Å². The maximum absolute atomic E-state index is 13.6. The molecule has 0 fully saturated rings. The summed E-state index contributed by atoms with van der Waals surface area (Å²) in [5.74, 6) is -2.39. The highest BCUT2D eigenvalue weighted by atomic mass is 32.1. The number of nitro benzene ring substituents is 1. The quantitative estimate of drug-likeness (QED) is 0.320. The Morgan fingerprint density at radius 1 is 1.34 bits per heavy atom. The van der Waals surface area contributed by atoms with Crippen molar-refractivity contribution in [2.45, 2.75) is 44.9 Å². The van der Waals surface area contributed by atoms with E-state index in [0.717, 1.165) is 4.88 Å². The Morgan fingerprint density at radius 3 is 2.74 bits per heavy atom. The van der Waals surface area contributed by atoms with Gasteiger partial charge >= 0.3 is 11.7 Å². The van der Waals surface area contributed by atoms with Gasteiger partial charge in [0.05, 0.1) is 24.2 Å². The van der Waals surface area contributed by atoms with Crippen LogP contribution in [0.25, 0.3) is 0 Å². The molecule has 2 heterocycles. The number of hydrogen-bond acceptors (Lipinski definition) is 9. The molecular formula is C25H26N2O7S. The van der Waals surface area contributed by atoms with Gasteiger partial charge in [0.25, 0.3) is 0 Å². The Bertz CT molecular complexity index is 1250. The zero-order chi connectivity index (χ0) is 25.3. The van der Waals surface area contributed by atoms with Crippen molar-refractivity contribution in [2.75, 3.05) is 13.7 Å². The van der Waals surface area contributed by atoms with Gasteiger partial charge in [-0.1, -0.05) is 13.0 Å². The minimum atomic E-state index is -0.902. The molecule has 0 spiro atoms. The zero-order valence-electron chi connectivity index (χ0n) is 19.6. The number of Topliss-reactive ketones (excluding diaryl/α,β-unsaturated/α-hetero) is 1. The Morgan fingerprint density at radius 2 is 2.11 bits per heavy atom. The van der Waals surface area contributed by atoms with Crippen molar-refractivity contribution in [1.82, 2.24) is 5.32 Å². The summed E-state index contributed by atoms with van der Waals surface area (Å²) < 4.78 is 10.6. The first kappa shape index (κ1) is 24.5. The van der Waals surface area contributed by atoms with Crippen molar-refractivity contribution >= 4 is 28.8 Å². The lowest BCUT2D eigenvalue weighted by Crippen LogP contribution is -2.36. The molecule has 9 nitrogen and oxygen atoms in total. The van der Waals surface area contributed by atoms with Gasteiger partial charge in [0.2, 0.25) is 5.75 Å². The Labute approximate surface area is 206 Å². The van der Waals surface area contributed by atoms with Crippen LogP contribution in [0.1, 0.15) is 55.4 Å². The fourth-order valence-electron chi connectivity index (χ4n) is 4.72. The molecule has 0 saturated heterocycles. The molecule has 2 N–H and O–H groups in total. The third kappa shape index (κ3) is 4.53. The Balaban J connectivity index is 1.89. The minimum absolute atomic E-state index is 0.000479. The summed E-state index contributed by atoms with van der Waals surface area (Å²) in [6.07, 6.45) is 1.43. The van der Waals surface area contributed by atoms with Gasteiger partial charge in [0.15, 0.2) is 11.5 Å². The average molecular weight is 499 g/mol. The smallest absolute Gasteiger partial charge is 0.336 e. The summed E-state index contributed by atoms with van der Waals surface area (Å²) in [7, 11) is 1.28. The first-order chi connectivity index (χ1) is 16.8. The highest BCUT2D eigenvalue weighted by molar-refractivity contribution is 7.10. The number of carbonyl (C=O) groups excluding carboxylic acids is 2. The van der Waals surface area contributed by atoms with E-state index in [1.807, 2.05) is 24.4 Å². The molecule has 2 aromatic rings. The summed E-state index contributed by atoms with van der Waals surface area (Å²) >= 11 is 1.59. The SMILES string of the molecule is CCCOC(=O)C1=C(C)NC2=C(C(=O)C[C@@H](c3cccs3)C2)[C@@H]1c1cc(OC)c(O)c([N+](=O)[O-])c1. The number of rotatable bonds is 7. The molecule has 0 radical (unpaired) electrons. The summed E-state index contributed by atoms with van der Waals surface area (Å²) in [5.41, 5.74) is 1.52. The van der Waals surface area contributed by atoms with Crippen molar-refractivity contribution in [3.8, 4) is 11.5 Å². The first-order valence-electron chi connectivity index (χ1n) is 11.3. The number of carbonyl (C=O) groups is 2. The van der Waals surface area contributed by atoms with E-state index in [2.05, 4.69) is 5.32 Å². The second-order valence-electron chi connectivity index (χ2n) is 8.52. The maximum Gasteiger partial charge on any atom is 0.336 e. The van der Waals surface area contributed by atoms with Crippen LogP contribution < -0.4 is 10.1 Å². The van der Waals surface area contributed by atoms with Gasteiger partial charge in [-0.05, 0) is 42.8 Å². The molecule has 1 aliphatic carbocycles. The number of benzene rings is 1. The molecule has 1 aromatic heterocycles. The maximum atomic E-state index is 13.6. The van der Waals surface area contributed by atoms with E-state index >= 15 is 0 Å². The Hall–Kier alpha value is -3.66. The molecular weight excluding hydrogens is 472 g/mol. The van der Waals surface area contributed by atoms with Gasteiger partial charge in [-0.15, -0.1) is 11.3 Å². The summed E-state index contributed by atoms with van der Waals surface area (Å²) in [4.78, 5) is 38.8. The molecule has 35 heavy (non-hydrogen) atoms. The van der Waals surface area contributed by atoms with Crippen LogP contribution in [0.15, 0.2) is 52.2 Å². The van der Waals surface area contributed by atoms with E-state index in [0.29, 0.717) is 35.4 Å². The van der Waals surface area contributed by atoms with E-state index in [4.69, 9.17) is 9.47 Å². The number of phenols is 1. The molecule has 0 unspecified atom stereocenters. The van der Waals surface area contributed by atoms with Crippen LogP contribution in [0.2, 0.25) is 0 Å². The monoisotopic (exact) mass is 498 g/mol. The number of ether oxygens (including phenoxy) is 2. The fourth-order valence-corrected chi connectivity index (χ4v) is 5.55. The predicted molar refractivity (Wildman–Crippen MR) is 129 cm³/mol. The van der Waals surface area contributed by atoms with E-state index in [1.165, 1.54) is 19.2 Å². The predicted octanol–water partition coefficient (Wildman–Crippen LogP) is 4.69. The largest absolute Gasteiger partial charge is 0.500 e. The number of nitrogens with one attached hydrogen (secondary N) is 1. The van der Waals surface area contributed by atoms with Gasteiger partial charge in [0.1, 0.15) is 0 Å². The zero-order valence-corrected chi connectivity index (χ0v) is 20.4. The van der Waals surface area contributed by atoms with Crippen molar-refractivity contribution < 1.29 is 29.1 Å². The number of phenolic OH excluding ortho intramolecular Hbond substituents is 1. The van der Waals surface area contributed by atoms with Gasteiger partial charge in [-0.25, -0.2) is 4.79 Å². The first-order valence-corrected chi connectivity index (χ1v) is 12.1. The molecule has 0 saturated carbocycles. The van der Waals surface area contributed by atoms with Crippen molar-refractivity contribution in [3.63, 3.8) is 0 Å². The number of allylic oxidation sites excluding steroid dienone is 3. The molecule has 4 rings (SSSR count). The molecule has 2 aliphatic rings. The van der Waals surface area contributed by atoms with E-state index in [-0.39, 0.29) is 36.1 Å². The number of dihydropyridines is 1. The second kappa shape index (κ2) is 9.91. The summed E-state index contributed by atoms with van der Waals surface area (Å²) in [5, 5.41) is 27.2. The van der Waals surface area contributed by atoms with Crippen LogP contribution in [0.3, 0.4) is 0 Å². The van der Waals surface area contributed by atoms with Crippen LogP contribution in [0.4, 0.5) is 5.69 Å². The number of thiophene rings is 1. The molecule has 1 aromatic carbocycles. The molecule has 10 heteroatoms. The number of hydrogen-bond donors (Lipinski definition) is 2. The van der Waals surface area contributed by atoms with Gasteiger partial charge in [0, 0.05) is 46.2 Å². The fraction of sp³-hybridized carbons (Fsp3) is 0.360. The van der Waals surface area contributed by atoms with E-state index in [9.17, 15) is 24.8 Å². The standard InChI is InChI=1S/C25H26N2O7S/c1-4-7-34-25(30)21-13(2)26-16-9-14(20-6-5-8-35-20)11-18(28)23(16)22(21)15-10-17(27(31)32)24(29)19(12-15)33-3/h5-6,8,10,12,14,22,26,29H,4,7,9,11H2,1-3H3/t14-,22+/m0/s1. The van der Waals surface area contributed by atoms with Crippen molar-refractivity contribution in [2.24, 2.45) is 0 Å². The van der Waals surface area contributed by atoms with E-state index in [1.54, 1.807) is 18.3 Å². The third-order valence-electron chi connectivity index (χ3n) is 6.26. The van der Waals surface area contributed by atoms with Gasteiger partial charge < -0.3 is 19.9 Å². The van der Waals surface area contributed by atoms with Crippen LogP contribution in [0, 0.1) is 10.1 Å². The number of ketones is 1. The highest BCUT2D eigenvalue weighted by Gasteiger charge is 2.42. The average Bonchev–Trinajstić information content (AvgIpc) is 3.36. The number of nitrogens with zero attached hydrogens (tertiary/aromatic N) is 1. The lowest BCUT2D eigenvalue weighted by atomic mass is 9.72. The number of esters is 1. The second-order valence-corrected chi connectivity index (χ2v) is 9.50.